The number of rotatable bonds is 4. The Morgan fingerprint density at radius 3 is 2.67 bits per heavy atom. The van der Waals surface area contributed by atoms with Crippen molar-refractivity contribution in [2.24, 2.45) is 0 Å². The normalized spacial score (nSPS) is 10.4. The van der Waals surface area contributed by atoms with Crippen LogP contribution in [0, 0.1) is 13.8 Å². The Labute approximate surface area is 126 Å². The molecule has 3 N–H and O–H groups in total. The molecule has 2 rings (SSSR count). The van der Waals surface area contributed by atoms with E-state index in [1.54, 1.807) is 6.92 Å². The number of anilines is 1. The Morgan fingerprint density at radius 1 is 1.38 bits per heavy atom. The second kappa shape index (κ2) is 5.97. The molecule has 0 bridgehead atoms. The maximum atomic E-state index is 12.1. The van der Waals surface area contributed by atoms with E-state index in [9.17, 15) is 9.59 Å². The number of carbonyl (C=O) groups excluding carboxylic acids is 1. The lowest BCUT2D eigenvalue weighted by Crippen LogP contribution is -2.17. The number of aromatic amines is 1. The fourth-order valence-electron chi connectivity index (χ4n) is 1.99. The number of aromatic carboxylic acids is 1. The van der Waals surface area contributed by atoms with Crippen molar-refractivity contribution in [3.63, 3.8) is 0 Å². The molecule has 0 fully saturated rings. The van der Waals surface area contributed by atoms with E-state index in [4.69, 9.17) is 16.7 Å². The molecule has 1 aromatic heterocycles. The maximum absolute atomic E-state index is 12.1. The highest BCUT2D eigenvalue weighted by molar-refractivity contribution is 6.31. The van der Waals surface area contributed by atoms with Gasteiger partial charge in [0.15, 0.2) is 0 Å². The molecule has 0 saturated carbocycles. The van der Waals surface area contributed by atoms with Crippen molar-refractivity contribution in [3.8, 4) is 0 Å². The number of halogens is 1. The first-order chi connectivity index (χ1) is 9.88. The SMILES string of the molecule is Cc1n[nH]c(C)c1CC(=O)Nc1ccc(Cl)cc1C(=O)O. The van der Waals surface area contributed by atoms with Crippen LogP contribution in [0.15, 0.2) is 18.2 Å². The van der Waals surface area contributed by atoms with Crippen LogP contribution in [0.1, 0.15) is 27.3 Å². The molecule has 0 atom stereocenters. The highest BCUT2D eigenvalue weighted by Crippen LogP contribution is 2.21. The third-order valence-corrected chi connectivity index (χ3v) is 3.34. The standard InChI is InChI=1S/C14H14ClN3O3/c1-7-10(8(2)18-17-7)6-13(19)16-12-4-3-9(15)5-11(12)14(20)21/h3-5H,6H2,1-2H3,(H,16,19)(H,17,18)(H,20,21). The van der Waals surface area contributed by atoms with Crippen molar-refractivity contribution >= 4 is 29.2 Å². The summed E-state index contributed by atoms with van der Waals surface area (Å²) in [6, 6.07) is 4.30. The highest BCUT2D eigenvalue weighted by atomic mass is 35.5. The first-order valence-electron chi connectivity index (χ1n) is 6.21. The predicted molar refractivity (Wildman–Crippen MR) is 78.8 cm³/mol. The number of carboxylic acids is 1. The largest absolute Gasteiger partial charge is 0.478 e. The van der Waals surface area contributed by atoms with E-state index in [-0.39, 0.29) is 23.6 Å². The molecule has 0 aliphatic heterocycles. The summed E-state index contributed by atoms with van der Waals surface area (Å²) in [5, 5.41) is 18.8. The summed E-state index contributed by atoms with van der Waals surface area (Å²) in [6.07, 6.45) is 0.121. The molecule has 1 heterocycles. The zero-order valence-corrected chi connectivity index (χ0v) is 12.3. The van der Waals surface area contributed by atoms with Gasteiger partial charge in [0.2, 0.25) is 5.91 Å². The molecule has 7 heteroatoms. The Hall–Kier alpha value is -2.34. The van der Waals surface area contributed by atoms with Gasteiger partial charge in [0.1, 0.15) is 0 Å². The molecule has 0 radical (unpaired) electrons. The lowest BCUT2D eigenvalue weighted by Gasteiger charge is -2.09. The fraction of sp³-hybridized carbons (Fsp3) is 0.214. The van der Waals surface area contributed by atoms with Crippen molar-refractivity contribution in [1.82, 2.24) is 10.2 Å². The first-order valence-corrected chi connectivity index (χ1v) is 6.59. The number of carboxylic acid groups (broad SMARTS) is 1. The number of hydrogen-bond acceptors (Lipinski definition) is 3. The van der Waals surface area contributed by atoms with E-state index in [2.05, 4.69) is 15.5 Å². The van der Waals surface area contributed by atoms with Crippen LogP contribution >= 0.6 is 11.6 Å². The summed E-state index contributed by atoms with van der Waals surface area (Å²) < 4.78 is 0. The van der Waals surface area contributed by atoms with Gasteiger partial charge < -0.3 is 10.4 Å². The van der Waals surface area contributed by atoms with Crippen molar-refractivity contribution < 1.29 is 14.7 Å². The van der Waals surface area contributed by atoms with E-state index in [0.717, 1.165) is 17.0 Å². The molecule has 2 aromatic rings. The minimum absolute atomic E-state index is 0.0449. The molecule has 0 saturated heterocycles. The van der Waals surface area contributed by atoms with Crippen LogP contribution in [-0.4, -0.2) is 27.2 Å². The quantitative estimate of drug-likeness (QED) is 0.809. The summed E-state index contributed by atoms with van der Waals surface area (Å²) in [5.74, 6) is -1.46. The molecular weight excluding hydrogens is 294 g/mol. The van der Waals surface area contributed by atoms with Gasteiger partial charge in [0, 0.05) is 16.3 Å². The van der Waals surface area contributed by atoms with Crippen LogP contribution in [0.3, 0.4) is 0 Å². The zero-order chi connectivity index (χ0) is 15.6. The molecular formula is C14H14ClN3O3. The van der Waals surface area contributed by atoms with Crippen LogP contribution in [0.4, 0.5) is 5.69 Å². The average Bonchev–Trinajstić information content (AvgIpc) is 2.72. The molecule has 0 aliphatic carbocycles. The third-order valence-electron chi connectivity index (χ3n) is 3.10. The number of carbonyl (C=O) groups is 2. The molecule has 0 aliphatic rings. The maximum Gasteiger partial charge on any atom is 0.337 e. The average molecular weight is 308 g/mol. The van der Waals surface area contributed by atoms with E-state index >= 15 is 0 Å². The Bertz CT molecular complexity index is 690. The molecule has 21 heavy (non-hydrogen) atoms. The number of benzene rings is 1. The van der Waals surface area contributed by atoms with Crippen LogP contribution < -0.4 is 5.32 Å². The molecule has 110 valence electrons. The minimum Gasteiger partial charge on any atom is -0.478 e. The number of nitrogens with one attached hydrogen (secondary N) is 2. The third kappa shape index (κ3) is 3.41. The predicted octanol–water partition coefficient (Wildman–Crippen LogP) is 2.56. The lowest BCUT2D eigenvalue weighted by molar-refractivity contribution is -0.115. The van der Waals surface area contributed by atoms with Crippen LogP contribution in [0.25, 0.3) is 0 Å². The lowest BCUT2D eigenvalue weighted by atomic mass is 10.1. The second-order valence-corrected chi connectivity index (χ2v) is 5.07. The molecule has 1 aromatic carbocycles. The van der Waals surface area contributed by atoms with E-state index in [0.29, 0.717) is 5.02 Å². The minimum atomic E-state index is -1.15. The fourth-order valence-corrected chi connectivity index (χ4v) is 2.16. The number of aromatic nitrogens is 2. The van der Waals surface area contributed by atoms with Gasteiger partial charge in [-0.05, 0) is 32.0 Å². The Morgan fingerprint density at radius 2 is 2.10 bits per heavy atom. The molecule has 0 spiro atoms. The van der Waals surface area contributed by atoms with Gasteiger partial charge in [0.25, 0.3) is 0 Å². The number of amides is 1. The van der Waals surface area contributed by atoms with Gasteiger partial charge in [-0.25, -0.2) is 4.79 Å². The number of hydrogen-bond donors (Lipinski definition) is 3. The van der Waals surface area contributed by atoms with Gasteiger partial charge in [-0.15, -0.1) is 0 Å². The summed E-state index contributed by atoms with van der Waals surface area (Å²) >= 11 is 5.77. The zero-order valence-electron chi connectivity index (χ0n) is 11.5. The monoisotopic (exact) mass is 307 g/mol. The summed E-state index contributed by atoms with van der Waals surface area (Å²) in [4.78, 5) is 23.2. The van der Waals surface area contributed by atoms with E-state index in [1.165, 1.54) is 18.2 Å². The number of H-pyrrole nitrogens is 1. The van der Waals surface area contributed by atoms with Gasteiger partial charge >= 0.3 is 5.97 Å². The van der Waals surface area contributed by atoms with Gasteiger partial charge in [-0.2, -0.15) is 5.10 Å². The summed E-state index contributed by atoms with van der Waals surface area (Å²) in [5.41, 5.74) is 2.54. The van der Waals surface area contributed by atoms with Crippen LogP contribution in [0.5, 0.6) is 0 Å². The number of aryl methyl sites for hydroxylation is 2. The van der Waals surface area contributed by atoms with Crippen molar-refractivity contribution in [3.05, 3.63) is 45.7 Å². The van der Waals surface area contributed by atoms with Crippen LogP contribution in [-0.2, 0) is 11.2 Å². The summed E-state index contributed by atoms with van der Waals surface area (Å²) in [6.45, 7) is 3.63. The van der Waals surface area contributed by atoms with E-state index in [1.807, 2.05) is 6.92 Å². The Balaban J connectivity index is 2.19. The topological polar surface area (TPSA) is 95.1 Å². The summed E-state index contributed by atoms with van der Waals surface area (Å²) in [7, 11) is 0. The van der Waals surface area contributed by atoms with Gasteiger partial charge in [-0.1, -0.05) is 11.6 Å². The highest BCUT2D eigenvalue weighted by Gasteiger charge is 2.15. The van der Waals surface area contributed by atoms with Crippen molar-refractivity contribution in [1.29, 1.82) is 0 Å². The Kier molecular flexibility index (Phi) is 4.28. The molecule has 6 nitrogen and oxygen atoms in total. The van der Waals surface area contributed by atoms with E-state index < -0.39 is 5.97 Å². The molecule has 0 unspecified atom stereocenters. The van der Waals surface area contributed by atoms with Gasteiger partial charge in [0.05, 0.1) is 23.4 Å². The second-order valence-electron chi connectivity index (χ2n) is 4.63. The van der Waals surface area contributed by atoms with Crippen molar-refractivity contribution in [2.75, 3.05) is 5.32 Å². The number of nitrogens with zero attached hydrogens (tertiary/aromatic N) is 1. The van der Waals surface area contributed by atoms with Crippen molar-refractivity contribution in [2.45, 2.75) is 20.3 Å². The smallest absolute Gasteiger partial charge is 0.337 e. The molecule has 1 amide bonds. The van der Waals surface area contributed by atoms with Gasteiger partial charge in [-0.3, -0.25) is 9.89 Å². The first kappa shape index (κ1) is 15.1. The van der Waals surface area contributed by atoms with Crippen LogP contribution in [0.2, 0.25) is 5.02 Å².